The van der Waals surface area contributed by atoms with Gasteiger partial charge in [0, 0.05) is 25.2 Å². The van der Waals surface area contributed by atoms with Gasteiger partial charge in [0.15, 0.2) is 0 Å². The molecule has 1 amide bonds. The number of amidine groups is 1. The standard InChI is InChI=1S/C24H25N5O2/c1-26-14-13-21(25)28-24(30)19-16-22(27-15-12-18-8-4-2-5-9-18)29-23(17-19)31-20-10-6-3-7-11-20/h2-11,13-14,16-17,26H,12,15H2,1H3,(H,27,29)(H2,25,28,30)/b14-13-. The monoisotopic (exact) mass is 415 g/mol. The van der Waals surface area contributed by atoms with Gasteiger partial charge in [-0.3, -0.25) is 10.2 Å². The molecule has 7 nitrogen and oxygen atoms in total. The third-order valence-corrected chi connectivity index (χ3v) is 4.26. The first-order valence-corrected chi connectivity index (χ1v) is 9.90. The number of benzene rings is 2. The van der Waals surface area contributed by atoms with Crippen LogP contribution in [0, 0.1) is 5.41 Å². The van der Waals surface area contributed by atoms with Crippen molar-refractivity contribution in [3.05, 3.63) is 96.2 Å². The highest BCUT2D eigenvalue weighted by molar-refractivity contribution is 6.09. The number of aromatic nitrogens is 1. The van der Waals surface area contributed by atoms with Gasteiger partial charge in [0.25, 0.3) is 5.91 Å². The van der Waals surface area contributed by atoms with E-state index in [0.29, 0.717) is 29.6 Å². The maximum absolute atomic E-state index is 12.7. The average Bonchev–Trinajstić information content (AvgIpc) is 2.79. The van der Waals surface area contributed by atoms with Crippen LogP contribution in [0.25, 0.3) is 0 Å². The maximum atomic E-state index is 12.7. The molecule has 0 aliphatic carbocycles. The van der Waals surface area contributed by atoms with Crippen molar-refractivity contribution in [3.8, 4) is 11.6 Å². The molecule has 31 heavy (non-hydrogen) atoms. The van der Waals surface area contributed by atoms with Crippen molar-refractivity contribution < 1.29 is 9.53 Å². The Morgan fingerprint density at radius 1 is 1.06 bits per heavy atom. The molecular formula is C24H25N5O2. The summed E-state index contributed by atoms with van der Waals surface area (Å²) in [6, 6.07) is 22.6. The summed E-state index contributed by atoms with van der Waals surface area (Å²) in [7, 11) is 1.72. The quantitative estimate of drug-likeness (QED) is 0.313. The van der Waals surface area contributed by atoms with E-state index in [4.69, 9.17) is 10.1 Å². The van der Waals surface area contributed by atoms with Crippen LogP contribution in [0.4, 0.5) is 5.82 Å². The fourth-order valence-corrected chi connectivity index (χ4v) is 2.77. The molecule has 3 rings (SSSR count). The van der Waals surface area contributed by atoms with Crippen LogP contribution in [0.2, 0.25) is 0 Å². The van der Waals surface area contributed by atoms with Crippen molar-refractivity contribution >= 4 is 17.6 Å². The summed E-state index contributed by atoms with van der Waals surface area (Å²) in [6.45, 7) is 0.646. The number of pyridine rings is 1. The normalized spacial score (nSPS) is 10.5. The number of hydrogen-bond acceptors (Lipinski definition) is 6. The van der Waals surface area contributed by atoms with E-state index in [-0.39, 0.29) is 5.84 Å². The molecule has 0 saturated carbocycles. The Morgan fingerprint density at radius 2 is 1.77 bits per heavy atom. The molecule has 4 N–H and O–H groups in total. The number of anilines is 1. The van der Waals surface area contributed by atoms with Crippen LogP contribution >= 0.6 is 0 Å². The maximum Gasteiger partial charge on any atom is 0.257 e. The average molecular weight is 415 g/mol. The van der Waals surface area contributed by atoms with E-state index < -0.39 is 5.91 Å². The molecule has 0 aliphatic rings. The largest absolute Gasteiger partial charge is 0.439 e. The van der Waals surface area contributed by atoms with Crippen molar-refractivity contribution in [1.29, 1.82) is 5.41 Å². The predicted molar refractivity (Wildman–Crippen MR) is 123 cm³/mol. The summed E-state index contributed by atoms with van der Waals surface area (Å²) in [4.78, 5) is 17.1. The molecular weight excluding hydrogens is 390 g/mol. The second kappa shape index (κ2) is 11.2. The van der Waals surface area contributed by atoms with E-state index in [1.165, 1.54) is 11.6 Å². The molecule has 0 bridgehead atoms. The Bertz CT molecular complexity index is 1040. The molecule has 0 radical (unpaired) electrons. The number of carbonyl (C=O) groups is 1. The number of nitrogens with zero attached hydrogens (tertiary/aromatic N) is 1. The third kappa shape index (κ3) is 7.01. The Hall–Kier alpha value is -4.13. The summed E-state index contributed by atoms with van der Waals surface area (Å²) in [5.41, 5.74) is 1.54. The zero-order valence-electron chi connectivity index (χ0n) is 17.3. The molecule has 0 spiro atoms. The molecule has 2 aromatic carbocycles. The zero-order valence-corrected chi connectivity index (χ0v) is 17.3. The Morgan fingerprint density at radius 3 is 2.48 bits per heavy atom. The fraction of sp³-hybridized carbons (Fsp3) is 0.125. The molecule has 0 aliphatic heterocycles. The fourth-order valence-electron chi connectivity index (χ4n) is 2.77. The van der Waals surface area contributed by atoms with Gasteiger partial charge in [0.2, 0.25) is 5.88 Å². The van der Waals surface area contributed by atoms with Crippen molar-refractivity contribution in [2.45, 2.75) is 6.42 Å². The smallest absolute Gasteiger partial charge is 0.257 e. The summed E-state index contributed by atoms with van der Waals surface area (Å²) in [5.74, 6) is 0.982. The lowest BCUT2D eigenvalue weighted by Gasteiger charge is -2.12. The second-order valence-corrected chi connectivity index (χ2v) is 6.65. The summed E-state index contributed by atoms with van der Waals surface area (Å²) in [5, 5.41) is 16.4. The highest BCUT2D eigenvalue weighted by Gasteiger charge is 2.12. The van der Waals surface area contributed by atoms with E-state index >= 15 is 0 Å². The number of para-hydroxylation sites is 1. The molecule has 0 unspecified atom stereocenters. The van der Waals surface area contributed by atoms with Crippen LogP contribution in [-0.2, 0) is 6.42 Å². The molecule has 1 aromatic heterocycles. The van der Waals surface area contributed by atoms with Crippen molar-refractivity contribution in [2.75, 3.05) is 18.9 Å². The third-order valence-electron chi connectivity index (χ3n) is 4.26. The first-order valence-electron chi connectivity index (χ1n) is 9.90. The topological polar surface area (TPSA) is 99.1 Å². The van der Waals surface area contributed by atoms with Gasteiger partial charge in [-0.2, -0.15) is 4.98 Å². The first-order chi connectivity index (χ1) is 15.1. The highest BCUT2D eigenvalue weighted by Crippen LogP contribution is 2.22. The van der Waals surface area contributed by atoms with E-state index in [1.807, 2.05) is 48.5 Å². The first kappa shape index (κ1) is 21.6. The number of amides is 1. The van der Waals surface area contributed by atoms with E-state index in [0.717, 1.165) is 6.42 Å². The minimum atomic E-state index is -0.419. The van der Waals surface area contributed by atoms with Gasteiger partial charge in [0.05, 0.1) is 0 Å². The van der Waals surface area contributed by atoms with Crippen molar-refractivity contribution in [1.82, 2.24) is 15.6 Å². The van der Waals surface area contributed by atoms with Crippen molar-refractivity contribution in [3.63, 3.8) is 0 Å². The second-order valence-electron chi connectivity index (χ2n) is 6.65. The molecule has 0 atom stereocenters. The summed E-state index contributed by atoms with van der Waals surface area (Å²) < 4.78 is 5.84. The minimum absolute atomic E-state index is 0.0275. The van der Waals surface area contributed by atoms with Crippen LogP contribution in [0.3, 0.4) is 0 Å². The molecule has 0 saturated heterocycles. The van der Waals surface area contributed by atoms with Crippen LogP contribution < -0.4 is 20.7 Å². The Kier molecular flexibility index (Phi) is 7.77. The lowest BCUT2D eigenvalue weighted by Crippen LogP contribution is -2.28. The number of ether oxygens (including phenoxy) is 1. The van der Waals surface area contributed by atoms with E-state index in [9.17, 15) is 4.79 Å². The molecule has 1 heterocycles. The SMILES string of the molecule is CN/C=C\C(=N)NC(=O)c1cc(NCCc2ccccc2)nc(Oc2ccccc2)c1. The summed E-state index contributed by atoms with van der Waals surface area (Å²) in [6.07, 6.45) is 3.84. The van der Waals surface area contributed by atoms with Crippen molar-refractivity contribution in [2.24, 2.45) is 0 Å². The number of hydrogen-bond donors (Lipinski definition) is 4. The van der Waals surface area contributed by atoms with Crippen LogP contribution in [0.15, 0.2) is 85.1 Å². The van der Waals surface area contributed by atoms with Crippen LogP contribution in [0.1, 0.15) is 15.9 Å². The predicted octanol–water partition coefficient (Wildman–Crippen LogP) is 3.97. The van der Waals surface area contributed by atoms with Gasteiger partial charge in [-0.25, -0.2) is 0 Å². The number of rotatable bonds is 9. The highest BCUT2D eigenvalue weighted by atomic mass is 16.5. The lowest BCUT2D eigenvalue weighted by atomic mass is 10.1. The summed E-state index contributed by atoms with van der Waals surface area (Å²) >= 11 is 0. The van der Waals surface area contributed by atoms with Crippen LogP contribution in [0.5, 0.6) is 11.6 Å². The van der Waals surface area contributed by atoms with E-state index in [2.05, 4.69) is 33.1 Å². The van der Waals surface area contributed by atoms with Gasteiger partial charge in [0.1, 0.15) is 17.4 Å². The molecule has 3 aromatic rings. The Labute approximate surface area is 181 Å². The zero-order chi connectivity index (χ0) is 21.9. The van der Waals surface area contributed by atoms with Gasteiger partial charge in [-0.15, -0.1) is 0 Å². The van der Waals surface area contributed by atoms with Gasteiger partial charge in [-0.1, -0.05) is 48.5 Å². The van der Waals surface area contributed by atoms with Gasteiger partial charge >= 0.3 is 0 Å². The number of nitrogens with one attached hydrogen (secondary N) is 4. The molecule has 7 heteroatoms. The Balaban J connectivity index is 1.76. The van der Waals surface area contributed by atoms with E-state index in [1.54, 1.807) is 25.4 Å². The lowest BCUT2D eigenvalue weighted by molar-refractivity contribution is 0.0976. The number of carbonyl (C=O) groups excluding carboxylic acids is 1. The van der Waals surface area contributed by atoms with Gasteiger partial charge < -0.3 is 20.7 Å². The van der Waals surface area contributed by atoms with Crippen LogP contribution in [-0.4, -0.2) is 30.3 Å². The van der Waals surface area contributed by atoms with Gasteiger partial charge in [-0.05, 0) is 42.5 Å². The molecule has 0 fully saturated rings. The molecule has 158 valence electrons. The minimum Gasteiger partial charge on any atom is -0.439 e.